The number of nitrogens with zero attached hydrogens (tertiary/aromatic N) is 2. The molecule has 0 bridgehead atoms. The topological polar surface area (TPSA) is 74.2 Å². The van der Waals surface area contributed by atoms with E-state index < -0.39 is 0 Å². The summed E-state index contributed by atoms with van der Waals surface area (Å²) in [6.45, 7) is 0.501. The van der Waals surface area contributed by atoms with Crippen molar-refractivity contribution in [2.45, 2.75) is 31.5 Å². The van der Waals surface area contributed by atoms with Crippen molar-refractivity contribution >= 4 is 12.4 Å². The van der Waals surface area contributed by atoms with Gasteiger partial charge in [0, 0.05) is 13.0 Å². The smallest absolute Gasteiger partial charge is 0.255 e. The van der Waals surface area contributed by atoms with Crippen molar-refractivity contribution < 1.29 is 13.7 Å². The first-order valence-corrected chi connectivity index (χ1v) is 6.67. The molecule has 0 aliphatic carbocycles. The zero-order chi connectivity index (χ0) is 13.9. The molecule has 1 aliphatic heterocycles. The van der Waals surface area contributed by atoms with E-state index in [0.717, 1.165) is 18.4 Å². The van der Waals surface area contributed by atoms with Crippen LogP contribution in [0, 0.1) is 5.82 Å². The van der Waals surface area contributed by atoms with Crippen molar-refractivity contribution in [3.05, 3.63) is 47.4 Å². The highest BCUT2D eigenvalue weighted by Gasteiger charge is 2.29. The summed E-state index contributed by atoms with van der Waals surface area (Å²) in [6, 6.07) is 6.37. The van der Waals surface area contributed by atoms with Gasteiger partial charge in [0.15, 0.2) is 5.82 Å². The van der Waals surface area contributed by atoms with Gasteiger partial charge >= 0.3 is 0 Å². The number of benzene rings is 1. The predicted octanol–water partition coefficient (Wildman–Crippen LogP) is 2.40. The molecule has 1 aromatic carbocycles. The van der Waals surface area contributed by atoms with Gasteiger partial charge in [0.25, 0.3) is 5.89 Å². The third kappa shape index (κ3) is 3.78. The molecule has 0 radical (unpaired) electrons. The molecule has 1 aliphatic rings. The van der Waals surface area contributed by atoms with E-state index in [1.807, 2.05) is 6.07 Å². The van der Waals surface area contributed by atoms with Gasteiger partial charge < -0.3 is 15.0 Å². The summed E-state index contributed by atoms with van der Waals surface area (Å²) in [4.78, 5) is 4.32. The largest absolute Gasteiger partial charge is 0.364 e. The molecule has 2 N–H and O–H groups in total. The Kier molecular flexibility index (Phi) is 5.27. The molecule has 21 heavy (non-hydrogen) atoms. The van der Waals surface area contributed by atoms with Crippen molar-refractivity contribution in [2.75, 3.05) is 6.54 Å². The van der Waals surface area contributed by atoms with Crippen molar-refractivity contribution in [1.29, 1.82) is 0 Å². The standard InChI is InChI=1S/C14H16FN3O2.ClH/c15-10-3-1-2-9(6-10)7-13-17-14(20-18-13)12-5-4-11(8-16)19-12;/h1-3,6,11-12H,4-5,7-8,16H2;1H/t11-,12+;/m1./s1. The van der Waals surface area contributed by atoms with E-state index in [2.05, 4.69) is 10.1 Å². The molecule has 2 heterocycles. The number of hydrogen-bond donors (Lipinski definition) is 1. The maximum Gasteiger partial charge on any atom is 0.255 e. The molecule has 0 amide bonds. The van der Waals surface area contributed by atoms with Crippen LogP contribution in [0.25, 0.3) is 0 Å². The molecule has 114 valence electrons. The normalized spacial score (nSPS) is 21.2. The van der Waals surface area contributed by atoms with Crippen molar-refractivity contribution in [2.24, 2.45) is 5.73 Å². The van der Waals surface area contributed by atoms with E-state index >= 15 is 0 Å². The SMILES string of the molecule is Cl.NC[C@H]1CC[C@@H](c2nc(Cc3cccc(F)c3)no2)O1. The summed E-state index contributed by atoms with van der Waals surface area (Å²) in [7, 11) is 0. The molecule has 7 heteroatoms. The maximum atomic E-state index is 13.1. The Morgan fingerprint density at radius 2 is 2.19 bits per heavy atom. The second-order valence-electron chi connectivity index (χ2n) is 4.92. The number of halogens is 2. The van der Waals surface area contributed by atoms with Crippen LogP contribution < -0.4 is 5.73 Å². The highest BCUT2D eigenvalue weighted by molar-refractivity contribution is 5.85. The van der Waals surface area contributed by atoms with Crippen LogP contribution in [-0.4, -0.2) is 22.8 Å². The molecule has 2 aromatic rings. The minimum absolute atomic E-state index is 0. The second-order valence-corrected chi connectivity index (χ2v) is 4.92. The number of ether oxygens (including phenoxy) is 1. The van der Waals surface area contributed by atoms with Crippen LogP contribution in [0.3, 0.4) is 0 Å². The Bertz CT molecular complexity index is 593. The van der Waals surface area contributed by atoms with Gasteiger partial charge in [-0.25, -0.2) is 4.39 Å². The molecule has 0 saturated carbocycles. The monoisotopic (exact) mass is 313 g/mol. The fourth-order valence-electron chi connectivity index (χ4n) is 2.36. The summed E-state index contributed by atoms with van der Waals surface area (Å²) < 4.78 is 24.0. The Morgan fingerprint density at radius 3 is 2.90 bits per heavy atom. The number of rotatable bonds is 4. The lowest BCUT2D eigenvalue weighted by atomic mass is 10.1. The summed E-state index contributed by atoms with van der Waals surface area (Å²) in [6.07, 6.45) is 2.08. The van der Waals surface area contributed by atoms with Crippen LogP contribution in [0.2, 0.25) is 0 Å². The lowest BCUT2D eigenvalue weighted by Gasteiger charge is -2.07. The molecule has 0 unspecified atom stereocenters. The van der Waals surface area contributed by atoms with Gasteiger partial charge in [0.1, 0.15) is 11.9 Å². The maximum absolute atomic E-state index is 13.1. The van der Waals surface area contributed by atoms with Gasteiger partial charge in [-0.1, -0.05) is 17.3 Å². The summed E-state index contributed by atoms with van der Waals surface area (Å²) >= 11 is 0. The molecule has 0 spiro atoms. The van der Waals surface area contributed by atoms with Gasteiger partial charge in [-0.2, -0.15) is 4.98 Å². The molecular formula is C14H17ClFN3O2. The minimum atomic E-state index is -0.267. The van der Waals surface area contributed by atoms with Gasteiger partial charge in [0.2, 0.25) is 0 Å². The number of nitrogens with two attached hydrogens (primary N) is 1. The summed E-state index contributed by atoms with van der Waals surface area (Å²) in [5.41, 5.74) is 6.38. The van der Waals surface area contributed by atoms with Crippen molar-refractivity contribution in [1.82, 2.24) is 10.1 Å². The highest BCUT2D eigenvalue weighted by atomic mass is 35.5. The molecule has 1 fully saturated rings. The average molecular weight is 314 g/mol. The first-order valence-electron chi connectivity index (χ1n) is 6.67. The van der Waals surface area contributed by atoms with Gasteiger partial charge in [0.05, 0.1) is 6.10 Å². The Morgan fingerprint density at radius 1 is 1.33 bits per heavy atom. The lowest BCUT2D eigenvalue weighted by Crippen LogP contribution is -2.18. The predicted molar refractivity (Wildman–Crippen MR) is 76.7 cm³/mol. The van der Waals surface area contributed by atoms with E-state index in [9.17, 15) is 4.39 Å². The van der Waals surface area contributed by atoms with Crippen LogP contribution in [0.5, 0.6) is 0 Å². The Labute approximate surface area is 128 Å². The molecule has 2 atom stereocenters. The van der Waals surface area contributed by atoms with Crippen molar-refractivity contribution in [3.63, 3.8) is 0 Å². The Hall–Kier alpha value is -1.50. The second kappa shape index (κ2) is 6.98. The fraction of sp³-hybridized carbons (Fsp3) is 0.429. The number of hydrogen-bond acceptors (Lipinski definition) is 5. The first kappa shape index (κ1) is 15.9. The van der Waals surface area contributed by atoms with E-state index in [4.69, 9.17) is 15.0 Å². The van der Waals surface area contributed by atoms with Crippen LogP contribution in [0.4, 0.5) is 4.39 Å². The third-order valence-electron chi connectivity index (χ3n) is 3.38. The summed E-state index contributed by atoms with van der Waals surface area (Å²) in [5.74, 6) is 0.744. The highest BCUT2D eigenvalue weighted by Crippen LogP contribution is 2.31. The van der Waals surface area contributed by atoms with Crippen molar-refractivity contribution in [3.8, 4) is 0 Å². The molecular weight excluding hydrogens is 297 g/mol. The number of aromatic nitrogens is 2. The summed E-state index contributed by atoms with van der Waals surface area (Å²) in [5, 5.41) is 3.92. The Balaban J connectivity index is 0.00000161. The lowest BCUT2D eigenvalue weighted by molar-refractivity contribution is 0.0307. The van der Waals surface area contributed by atoms with Gasteiger partial charge in [-0.05, 0) is 30.5 Å². The average Bonchev–Trinajstić information content (AvgIpc) is 3.07. The van der Waals surface area contributed by atoms with Crippen LogP contribution in [-0.2, 0) is 11.2 Å². The minimum Gasteiger partial charge on any atom is -0.364 e. The van der Waals surface area contributed by atoms with Crippen LogP contribution in [0.15, 0.2) is 28.8 Å². The molecule has 3 rings (SSSR count). The van der Waals surface area contributed by atoms with Crippen LogP contribution in [0.1, 0.15) is 36.2 Å². The van der Waals surface area contributed by atoms with E-state index in [-0.39, 0.29) is 30.4 Å². The molecule has 5 nitrogen and oxygen atoms in total. The van der Waals surface area contributed by atoms with E-state index in [0.29, 0.717) is 24.7 Å². The fourth-order valence-corrected chi connectivity index (χ4v) is 2.36. The molecule has 1 aromatic heterocycles. The van der Waals surface area contributed by atoms with Gasteiger partial charge in [-0.15, -0.1) is 12.4 Å². The van der Waals surface area contributed by atoms with E-state index in [1.165, 1.54) is 12.1 Å². The third-order valence-corrected chi connectivity index (χ3v) is 3.38. The van der Waals surface area contributed by atoms with E-state index in [1.54, 1.807) is 6.07 Å². The quantitative estimate of drug-likeness (QED) is 0.938. The zero-order valence-corrected chi connectivity index (χ0v) is 12.2. The molecule has 1 saturated heterocycles. The zero-order valence-electron chi connectivity index (χ0n) is 11.4. The first-order chi connectivity index (χ1) is 9.74. The van der Waals surface area contributed by atoms with Gasteiger partial charge in [-0.3, -0.25) is 0 Å². The van der Waals surface area contributed by atoms with Crippen LogP contribution >= 0.6 is 12.4 Å².